The highest BCUT2D eigenvalue weighted by Gasteiger charge is 2.15. The molecule has 0 aromatic carbocycles. The number of carbonyl (C=O) groups is 1. The van der Waals surface area contributed by atoms with Crippen molar-refractivity contribution in [2.75, 3.05) is 7.05 Å². The van der Waals surface area contributed by atoms with Gasteiger partial charge in [0.2, 0.25) is 0 Å². The van der Waals surface area contributed by atoms with Crippen molar-refractivity contribution in [1.29, 1.82) is 0 Å². The van der Waals surface area contributed by atoms with Gasteiger partial charge in [-0.2, -0.15) is 0 Å². The van der Waals surface area contributed by atoms with Gasteiger partial charge in [-0.15, -0.1) is 0 Å². The maximum absolute atomic E-state index is 12.1. The van der Waals surface area contributed by atoms with E-state index in [1.807, 2.05) is 12.1 Å². The van der Waals surface area contributed by atoms with Crippen molar-refractivity contribution >= 4 is 29.1 Å². The van der Waals surface area contributed by atoms with Crippen LogP contribution in [-0.2, 0) is 6.54 Å². The number of aromatic nitrogens is 2. The van der Waals surface area contributed by atoms with Gasteiger partial charge in [0.05, 0.1) is 5.02 Å². The molecule has 0 aliphatic carbocycles. The first kappa shape index (κ1) is 12.9. The van der Waals surface area contributed by atoms with E-state index in [1.165, 1.54) is 6.07 Å². The van der Waals surface area contributed by atoms with Crippen LogP contribution in [0.5, 0.6) is 0 Å². The van der Waals surface area contributed by atoms with E-state index in [2.05, 4.69) is 9.97 Å². The number of carbonyl (C=O) groups excluding carboxylic acids is 1. The Morgan fingerprint density at radius 2 is 2.06 bits per heavy atom. The molecule has 0 fully saturated rings. The Balaban J connectivity index is 2.09. The third-order valence-electron chi connectivity index (χ3n) is 2.47. The van der Waals surface area contributed by atoms with Crippen LogP contribution in [0.2, 0.25) is 10.2 Å². The van der Waals surface area contributed by atoms with Crippen LogP contribution in [0.1, 0.15) is 16.1 Å². The number of aromatic amines is 1. The monoisotopic (exact) mass is 283 g/mol. The number of hydrogen-bond donors (Lipinski definition) is 1. The normalized spacial score (nSPS) is 10.4. The van der Waals surface area contributed by atoms with Gasteiger partial charge >= 0.3 is 0 Å². The molecule has 94 valence electrons. The molecule has 2 rings (SSSR count). The smallest absolute Gasteiger partial charge is 0.270 e. The third-order valence-corrected chi connectivity index (χ3v) is 3.16. The maximum atomic E-state index is 12.1. The molecular formula is C12H11Cl2N3O. The minimum Gasteiger partial charge on any atom is -0.340 e. The first-order valence-corrected chi connectivity index (χ1v) is 6.02. The summed E-state index contributed by atoms with van der Waals surface area (Å²) in [6.45, 7) is 0.496. The van der Waals surface area contributed by atoms with E-state index in [4.69, 9.17) is 23.2 Å². The highest BCUT2D eigenvalue weighted by atomic mass is 35.5. The molecule has 0 spiro atoms. The summed E-state index contributed by atoms with van der Waals surface area (Å²) < 4.78 is 0. The van der Waals surface area contributed by atoms with E-state index in [1.54, 1.807) is 24.3 Å². The van der Waals surface area contributed by atoms with Gasteiger partial charge in [0.25, 0.3) is 5.91 Å². The maximum Gasteiger partial charge on any atom is 0.270 e. The largest absolute Gasteiger partial charge is 0.340 e. The zero-order valence-corrected chi connectivity index (χ0v) is 11.2. The lowest BCUT2D eigenvalue weighted by Gasteiger charge is -2.16. The number of rotatable bonds is 3. The zero-order chi connectivity index (χ0) is 13.1. The summed E-state index contributed by atoms with van der Waals surface area (Å²) >= 11 is 11.6. The molecule has 0 aliphatic heterocycles. The van der Waals surface area contributed by atoms with Gasteiger partial charge in [0.15, 0.2) is 0 Å². The number of pyridine rings is 1. The van der Waals surface area contributed by atoms with Gasteiger partial charge in [-0.25, -0.2) is 0 Å². The van der Waals surface area contributed by atoms with Crippen LogP contribution in [0.4, 0.5) is 0 Å². The Hall–Kier alpha value is -1.52. The van der Waals surface area contributed by atoms with Gasteiger partial charge in [-0.1, -0.05) is 23.2 Å². The van der Waals surface area contributed by atoms with Crippen molar-refractivity contribution in [2.24, 2.45) is 0 Å². The fourth-order valence-corrected chi connectivity index (χ4v) is 1.87. The number of nitrogens with one attached hydrogen (secondary N) is 1. The van der Waals surface area contributed by atoms with Crippen molar-refractivity contribution in [3.05, 3.63) is 52.0 Å². The van der Waals surface area contributed by atoms with Crippen LogP contribution >= 0.6 is 23.2 Å². The van der Waals surface area contributed by atoms with Crippen molar-refractivity contribution in [2.45, 2.75) is 6.54 Å². The van der Waals surface area contributed by atoms with Crippen LogP contribution in [0.25, 0.3) is 0 Å². The van der Waals surface area contributed by atoms with Crippen LogP contribution in [0.15, 0.2) is 30.6 Å². The SMILES string of the molecule is CN(Cc1ccncc1)C(=O)c1cc(Cl)c(Cl)[nH]1. The predicted octanol–water partition coefficient (Wildman–Crippen LogP) is 2.99. The van der Waals surface area contributed by atoms with E-state index < -0.39 is 0 Å². The Morgan fingerprint density at radius 3 is 2.61 bits per heavy atom. The molecule has 6 heteroatoms. The Labute approximate surface area is 115 Å². The average molecular weight is 284 g/mol. The quantitative estimate of drug-likeness (QED) is 0.942. The number of nitrogens with zero attached hydrogens (tertiary/aromatic N) is 2. The first-order chi connectivity index (χ1) is 8.58. The molecule has 2 aromatic rings. The van der Waals surface area contributed by atoms with Crippen molar-refractivity contribution in [1.82, 2.24) is 14.9 Å². The molecule has 0 atom stereocenters. The van der Waals surface area contributed by atoms with E-state index >= 15 is 0 Å². The molecule has 4 nitrogen and oxygen atoms in total. The number of amides is 1. The second-order valence-electron chi connectivity index (χ2n) is 3.86. The van der Waals surface area contributed by atoms with Crippen LogP contribution in [-0.4, -0.2) is 27.8 Å². The predicted molar refractivity (Wildman–Crippen MR) is 70.8 cm³/mol. The second-order valence-corrected chi connectivity index (χ2v) is 4.65. The highest BCUT2D eigenvalue weighted by molar-refractivity contribution is 6.41. The van der Waals surface area contributed by atoms with E-state index in [-0.39, 0.29) is 11.1 Å². The molecule has 18 heavy (non-hydrogen) atoms. The zero-order valence-electron chi connectivity index (χ0n) is 9.65. The Bertz CT molecular complexity index is 534. The minimum absolute atomic E-state index is 0.166. The van der Waals surface area contributed by atoms with Crippen molar-refractivity contribution in [3.63, 3.8) is 0 Å². The summed E-state index contributed by atoms with van der Waals surface area (Å²) in [4.78, 5) is 20.3. The lowest BCUT2D eigenvalue weighted by molar-refractivity contribution is 0.0780. The summed E-state index contributed by atoms with van der Waals surface area (Å²) in [5, 5.41) is 0.620. The lowest BCUT2D eigenvalue weighted by atomic mass is 10.2. The second kappa shape index (κ2) is 5.42. The van der Waals surface area contributed by atoms with Crippen molar-refractivity contribution in [3.8, 4) is 0 Å². The average Bonchev–Trinajstić information content (AvgIpc) is 2.70. The van der Waals surface area contributed by atoms with Gasteiger partial charge < -0.3 is 9.88 Å². The molecule has 0 radical (unpaired) electrons. The third kappa shape index (κ3) is 2.83. The van der Waals surface area contributed by atoms with Gasteiger partial charge in [0.1, 0.15) is 10.8 Å². The van der Waals surface area contributed by atoms with E-state index in [0.717, 1.165) is 5.56 Å². The van der Waals surface area contributed by atoms with Crippen LogP contribution in [0.3, 0.4) is 0 Å². The van der Waals surface area contributed by atoms with Crippen molar-refractivity contribution < 1.29 is 4.79 Å². The molecule has 0 unspecified atom stereocenters. The van der Waals surface area contributed by atoms with Gasteiger partial charge in [0, 0.05) is 26.0 Å². The summed E-state index contributed by atoms with van der Waals surface area (Å²) in [6, 6.07) is 5.24. The standard InChI is InChI=1S/C12H11Cl2N3O/c1-17(7-8-2-4-15-5-3-8)12(18)10-6-9(13)11(14)16-10/h2-6,16H,7H2,1H3. The molecule has 2 aromatic heterocycles. The summed E-state index contributed by atoms with van der Waals surface area (Å²) in [6.07, 6.45) is 3.38. The van der Waals surface area contributed by atoms with Gasteiger partial charge in [-0.3, -0.25) is 9.78 Å². The molecule has 0 bridgehead atoms. The molecule has 0 saturated heterocycles. The van der Waals surface area contributed by atoms with Gasteiger partial charge in [-0.05, 0) is 23.8 Å². The minimum atomic E-state index is -0.166. The molecule has 1 N–H and O–H groups in total. The topological polar surface area (TPSA) is 49.0 Å². The summed E-state index contributed by atoms with van der Waals surface area (Å²) in [5.74, 6) is -0.166. The summed E-state index contributed by atoms with van der Waals surface area (Å²) in [7, 11) is 1.71. The number of hydrogen-bond acceptors (Lipinski definition) is 2. The molecule has 2 heterocycles. The lowest BCUT2D eigenvalue weighted by Crippen LogP contribution is -2.26. The Kier molecular flexibility index (Phi) is 3.89. The van der Waals surface area contributed by atoms with Crippen LogP contribution in [0, 0.1) is 0 Å². The summed E-state index contributed by atoms with van der Waals surface area (Å²) in [5.41, 5.74) is 1.38. The fourth-order valence-electron chi connectivity index (χ4n) is 1.56. The number of H-pyrrole nitrogens is 1. The number of halogens is 2. The van der Waals surface area contributed by atoms with E-state index in [9.17, 15) is 4.79 Å². The highest BCUT2D eigenvalue weighted by Crippen LogP contribution is 2.22. The van der Waals surface area contributed by atoms with Crippen LogP contribution < -0.4 is 0 Å². The van der Waals surface area contributed by atoms with E-state index in [0.29, 0.717) is 17.3 Å². The molecular weight excluding hydrogens is 273 g/mol. The fraction of sp³-hybridized carbons (Fsp3) is 0.167. The Morgan fingerprint density at radius 1 is 1.39 bits per heavy atom. The molecule has 1 amide bonds. The molecule has 0 saturated carbocycles. The molecule has 0 aliphatic rings. The first-order valence-electron chi connectivity index (χ1n) is 5.26.